The van der Waals surface area contributed by atoms with Crippen LogP contribution in [-0.2, 0) is 0 Å². The summed E-state index contributed by atoms with van der Waals surface area (Å²) >= 11 is 0. The number of hydrogen-bond acceptors (Lipinski definition) is 3. The Labute approximate surface area is 271 Å². The second-order valence-corrected chi connectivity index (χ2v) is 12.1. The molecule has 0 saturated heterocycles. The van der Waals surface area contributed by atoms with E-state index < -0.39 is 0 Å². The van der Waals surface area contributed by atoms with Crippen molar-refractivity contribution in [2.45, 2.75) is 0 Å². The van der Waals surface area contributed by atoms with E-state index in [0.717, 1.165) is 66.0 Å². The van der Waals surface area contributed by atoms with Crippen LogP contribution >= 0.6 is 0 Å². The minimum absolute atomic E-state index is 0.592. The maximum absolute atomic E-state index is 5.25. The summed E-state index contributed by atoms with van der Waals surface area (Å²) in [6.07, 6.45) is 0. The van der Waals surface area contributed by atoms with E-state index >= 15 is 0 Å². The third-order valence-electron chi connectivity index (χ3n) is 9.37. The SMILES string of the molecule is c1cc2cc(c1)-c1cccc(c1)-c1nc(-c3cccc4ccccc34)nc(n1)-n1c3ccccc3c3ccc(cc31)-c1cccc-2c1. The average Bonchev–Trinajstić information content (AvgIpc) is 3.48. The first-order valence-electron chi connectivity index (χ1n) is 15.9. The third kappa shape index (κ3) is 4.12. The van der Waals surface area contributed by atoms with Gasteiger partial charge in [0.2, 0.25) is 5.95 Å². The molecule has 0 saturated carbocycles. The molecule has 10 rings (SSSR count). The first-order chi connectivity index (χ1) is 23.3. The number of para-hydroxylation sites is 1. The van der Waals surface area contributed by atoms with Gasteiger partial charge in [-0.15, -0.1) is 0 Å². The topological polar surface area (TPSA) is 43.6 Å². The van der Waals surface area contributed by atoms with Crippen molar-refractivity contribution in [2.24, 2.45) is 0 Å². The van der Waals surface area contributed by atoms with Gasteiger partial charge < -0.3 is 0 Å². The van der Waals surface area contributed by atoms with E-state index in [2.05, 4.69) is 162 Å². The fraction of sp³-hybridized carbons (Fsp3) is 0. The molecule has 0 unspecified atom stereocenters. The van der Waals surface area contributed by atoms with Crippen LogP contribution < -0.4 is 0 Å². The fourth-order valence-corrected chi connectivity index (χ4v) is 7.09. The molecule has 218 valence electrons. The van der Waals surface area contributed by atoms with E-state index in [0.29, 0.717) is 17.6 Å². The number of nitrogens with zero attached hydrogens (tertiary/aromatic N) is 4. The monoisotopic (exact) mass is 598 g/mol. The standard InChI is InChI=1S/C43H26N4/c1-2-17-35-27(9-1)10-8-19-38(35)42-44-41-34-16-7-15-32(25-34)30-13-5-11-28(23-30)29-12-6-14-31(24-29)33-21-22-37-36-18-3-4-20-39(36)47(40(37)26-33)43(45-41)46-42/h1-26H. The van der Waals surface area contributed by atoms with Crippen molar-refractivity contribution < 1.29 is 0 Å². The fourth-order valence-electron chi connectivity index (χ4n) is 7.09. The predicted molar refractivity (Wildman–Crippen MR) is 192 cm³/mol. The zero-order chi connectivity index (χ0) is 30.9. The van der Waals surface area contributed by atoms with Crippen molar-refractivity contribution in [1.29, 1.82) is 0 Å². The zero-order valence-electron chi connectivity index (χ0n) is 25.3. The molecule has 1 aliphatic rings. The van der Waals surface area contributed by atoms with Crippen LogP contribution in [0.1, 0.15) is 0 Å². The van der Waals surface area contributed by atoms with Gasteiger partial charge in [0.25, 0.3) is 0 Å². The first kappa shape index (κ1) is 25.9. The van der Waals surface area contributed by atoms with Crippen LogP contribution in [-0.4, -0.2) is 19.5 Å². The Balaban J connectivity index is 1.36. The molecule has 7 aromatic carbocycles. The lowest BCUT2D eigenvalue weighted by molar-refractivity contribution is 0.954. The molecule has 0 fully saturated rings. The molecule has 2 aromatic heterocycles. The Hall–Kier alpha value is -6.39. The van der Waals surface area contributed by atoms with E-state index in [1.807, 2.05) is 0 Å². The van der Waals surface area contributed by atoms with Gasteiger partial charge in [0, 0.05) is 21.9 Å². The van der Waals surface area contributed by atoms with Gasteiger partial charge in [-0.25, -0.2) is 4.98 Å². The van der Waals surface area contributed by atoms with Crippen molar-refractivity contribution in [3.63, 3.8) is 0 Å². The molecule has 10 bridgehead atoms. The van der Waals surface area contributed by atoms with Crippen LogP contribution in [0.25, 0.3) is 94.7 Å². The number of fused-ring (bicyclic) bond motifs is 18. The van der Waals surface area contributed by atoms with Crippen LogP contribution in [0.2, 0.25) is 0 Å². The van der Waals surface area contributed by atoms with Crippen LogP contribution in [0.4, 0.5) is 0 Å². The van der Waals surface area contributed by atoms with Gasteiger partial charge in [-0.1, -0.05) is 127 Å². The van der Waals surface area contributed by atoms with Gasteiger partial charge in [0.15, 0.2) is 11.6 Å². The summed E-state index contributed by atoms with van der Waals surface area (Å²) in [4.78, 5) is 15.7. The van der Waals surface area contributed by atoms with Gasteiger partial charge in [-0.2, -0.15) is 9.97 Å². The molecule has 3 heterocycles. The molecular formula is C43H26N4. The summed E-state index contributed by atoms with van der Waals surface area (Å²) in [5.41, 5.74) is 10.9. The highest BCUT2D eigenvalue weighted by atomic mass is 15.2. The zero-order valence-corrected chi connectivity index (χ0v) is 25.3. The van der Waals surface area contributed by atoms with Crippen molar-refractivity contribution in [1.82, 2.24) is 19.5 Å². The highest BCUT2D eigenvalue weighted by molar-refractivity contribution is 6.10. The van der Waals surface area contributed by atoms with E-state index in [-0.39, 0.29) is 0 Å². The lowest BCUT2D eigenvalue weighted by Crippen LogP contribution is -2.06. The summed E-state index contributed by atoms with van der Waals surface area (Å²) in [6.45, 7) is 0. The normalized spacial score (nSPS) is 11.8. The highest BCUT2D eigenvalue weighted by Crippen LogP contribution is 2.37. The summed E-state index contributed by atoms with van der Waals surface area (Å²) in [7, 11) is 0. The van der Waals surface area contributed by atoms with Crippen LogP contribution in [0, 0.1) is 0 Å². The molecule has 0 amide bonds. The molecule has 0 N–H and O–H groups in total. The highest BCUT2D eigenvalue weighted by Gasteiger charge is 2.20. The van der Waals surface area contributed by atoms with E-state index in [1.165, 1.54) is 11.1 Å². The second-order valence-electron chi connectivity index (χ2n) is 12.1. The van der Waals surface area contributed by atoms with Crippen molar-refractivity contribution >= 4 is 32.6 Å². The molecule has 0 atom stereocenters. The van der Waals surface area contributed by atoms with Crippen molar-refractivity contribution in [3.8, 4) is 62.1 Å². The van der Waals surface area contributed by atoms with Crippen molar-refractivity contribution in [2.75, 3.05) is 0 Å². The molecule has 0 spiro atoms. The Bertz CT molecular complexity index is 2700. The minimum Gasteiger partial charge on any atom is -0.278 e. The quantitative estimate of drug-likeness (QED) is 0.189. The molecular weight excluding hydrogens is 573 g/mol. The maximum atomic E-state index is 5.25. The molecule has 4 heteroatoms. The Morgan fingerprint density at radius 3 is 1.62 bits per heavy atom. The Kier molecular flexibility index (Phi) is 5.54. The van der Waals surface area contributed by atoms with Crippen LogP contribution in [0.5, 0.6) is 0 Å². The van der Waals surface area contributed by atoms with E-state index in [9.17, 15) is 0 Å². The van der Waals surface area contributed by atoms with E-state index in [1.54, 1.807) is 0 Å². The van der Waals surface area contributed by atoms with Crippen molar-refractivity contribution in [3.05, 3.63) is 158 Å². The van der Waals surface area contributed by atoms with Gasteiger partial charge in [0.1, 0.15) is 0 Å². The number of hydrogen-bond donors (Lipinski definition) is 0. The van der Waals surface area contributed by atoms with Gasteiger partial charge >= 0.3 is 0 Å². The largest absolute Gasteiger partial charge is 0.278 e. The van der Waals surface area contributed by atoms with Gasteiger partial charge in [-0.05, 0) is 74.5 Å². The molecule has 4 nitrogen and oxygen atoms in total. The first-order valence-corrected chi connectivity index (χ1v) is 15.9. The summed E-state index contributed by atoms with van der Waals surface area (Å²) < 4.78 is 2.20. The van der Waals surface area contributed by atoms with E-state index in [4.69, 9.17) is 15.0 Å². The number of benzene rings is 7. The molecule has 0 radical (unpaired) electrons. The number of rotatable bonds is 1. The second kappa shape index (κ2) is 10.1. The predicted octanol–water partition coefficient (Wildman–Crippen LogP) is 10.8. The molecule has 1 aliphatic heterocycles. The number of aromatic nitrogens is 4. The lowest BCUT2D eigenvalue weighted by Gasteiger charge is -2.14. The summed E-state index contributed by atoms with van der Waals surface area (Å²) in [5.74, 6) is 1.87. The van der Waals surface area contributed by atoms with Crippen LogP contribution in [0.3, 0.4) is 0 Å². The minimum atomic E-state index is 0.592. The smallest absolute Gasteiger partial charge is 0.238 e. The summed E-state index contributed by atoms with van der Waals surface area (Å²) in [5, 5.41) is 4.57. The van der Waals surface area contributed by atoms with Gasteiger partial charge in [0.05, 0.1) is 11.0 Å². The van der Waals surface area contributed by atoms with Crippen LogP contribution in [0.15, 0.2) is 158 Å². The molecule has 47 heavy (non-hydrogen) atoms. The molecule has 9 aromatic rings. The Morgan fingerprint density at radius 1 is 0.340 bits per heavy atom. The Morgan fingerprint density at radius 2 is 0.872 bits per heavy atom. The maximum Gasteiger partial charge on any atom is 0.238 e. The summed E-state index contributed by atoms with van der Waals surface area (Å²) in [6, 6.07) is 56.1. The lowest BCUT2D eigenvalue weighted by atomic mass is 9.95. The van der Waals surface area contributed by atoms with Gasteiger partial charge in [-0.3, -0.25) is 4.57 Å². The average molecular weight is 599 g/mol. The third-order valence-corrected chi connectivity index (χ3v) is 9.37. The molecule has 0 aliphatic carbocycles.